The van der Waals surface area contributed by atoms with E-state index in [0.29, 0.717) is 0 Å². The summed E-state index contributed by atoms with van der Waals surface area (Å²) in [6.07, 6.45) is 0.754. The van der Waals surface area contributed by atoms with Crippen LogP contribution in [0, 0.1) is 0 Å². The third kappa shape index (κ3) is 1.20. The zero-order valence-corrected chi connectivity index (χ0v) is 8.08. The lowest BCUT2D eigenvalue weighted by Gasteiger charge is -1.96. The fourth-order valence-corrected chi connectivity index (χ4v) is 1.66. The molecule has 0 bridgehead atoms. The van der Waals surface area contributed by atoms with Gasteiger partial charge in [0.1, 0.15) is 17.1 Å². The Balaban J connectivity index is 2.81. The number of hydrogen-bond acceptors (Lipinski definition) is 2. The van der Waals surface area contributed by atoms with E-state index in [0.717, 1.165) is 28.7 Å². The summed E-state index contributed by atoms with van der Waals surface area (Å²) in [4.78, 5) is 0. The summed E-state index contributed by atoms with van der Waals surface area (Å²) in [5.74, 6) is 0.866. The van der Waals surface area contributed by atoms with E-state index in [1.54, 1.807) is 0 Å². The third-order valence-corrected chi connectivity index (χ3v) is 2.28. The molecular weight excluding hydrogens is 176 g/mol. The van der Waals surface area contributed by atoms with Gasteiger partial charge in [0.2, 0.25) is 0 Å². The van der Waals surface area contributed by atoms with Crippen molar-refractivity contribution in [1.29, 1.82) is 0 Å². The van der Waals surface area contributed by atoms with Crippen LogP contribution in [0.25, 0.3) is 16.7 Å². The summed E-state index contributed by atoms with van der Waals surface area (Å²) in [7, 11) is 0. The molecule has 0 saturated heterocycles. The molecule has 2 heteroatoms. The van der Waals surface area contributed by atoms with E-state index in [9.17, 15) is 5.11 Å². The van der Waals surface area contributed by atoms with Crippen molar-refractivity contribution in [2.24, 2.45) is 0 Å². The topological polar surface area (TPSA) is 33.4 Å². The van der Waals surface area contributed by atoms with Gasteiger partial charge in [-0.15, -0.1) is 0 Å². The molecule has 0 spiro atoms. The number of furan rings is 1. The van der Waals surface area contributed by atoms with Gasteiger partial charge in [0.05, 0.1) is 5.56 Å². The van der Waals surface area contributed by atoms with Crippen LogP contribution in [0.2, 0.25) is 0 Å². The molecule has 1 N–H and O–H groups in total. The van der Waals surface area contributed by atoms with Crippen LogP contribution < -0.4 is 0 Å². The molecule has 1 heterocycles. The molecule has 0 aliphatic heterocycles. The number of fused-ring (bicyclic) bond motifs is 1. The maximum Gasteiger partial charge on any atom is 0.135 e. The Hall–Kier alpha value is -1.70. The van der Waals surface area contributed by atoms with E-state index in [1.807, 2.05) is 31.2 Å². The molecule has 2 rings (SSSR count). The maximum atomic E-state index is 9.47. The number of benzene rings is 1. The number of aryl methyl sites for hydroxylation is 1. The first kappa shape index (κ1) is 8.88. The Morgan fingerprint density at radius 3 is 2.79 bits per heavy atom. The van der Waals surface area contributed by atoms with Crippen LogP contribution in [0.3, 0.4) is 0 Å². The Morgan fingerprint density at radius 2 is 2.14 bits per heavy atom. The first-order valence-electron chi connectivity index (χ1n) is 4.62. The van der Waals surface area contributed by atoms with Crippen LogP contribution in [-0.4, -0.2) is 5.11 Å². The summed E-state index contributed by atoms with van der Waals surface area (Å²) in [5.41, 5.74) is 1.54. The molecule has 0 atom stereocenters. The lowest BCUT2D eigenvalue weighted by atomic mass is 10.1. The second-order valence-electron chi connectivity index (χ2n) is 3.20. The molecule has 0 aliphatic carbocycles. The van der Waals surface area contributed by atoms with Gasteiger partial charge in [-0.25, -0.2) is 0 Å². The Morgan fingerprint density at radius 1 is 1.43 bits per heavy atom. The highest BCUT2D eigenvalue weighted by atomic mass is 16.3. The van der Waals surface area contributed by atoms with Gasteiger partial charge in [0, 0.05) is 11.8 Å². The third-order valence-electron chi connectivity index (χ3n) is 2.28. The maximum absolute atomic E-state index is 9.47. The summed E-state index contributed by atoms with van der Waals surface area (Å²) in [6, 6.07) is 7.65. The predicted octanol–water partition coefficient (Wildman–Crippen LogP) is 3.52. The first-order valence-corrected chi connectivity index (χ1v) is 4.62. The molecule has 1 aromatic heterocycles. The zero-order chi connectivity index (χ0) is 10.1. The molecule has 2 aromatic rings. The van der Waals surface area contributed by atoms with E-state index < -0.39 is 0 Å². The quantitative estimate of drug-likeness (QED) is 0.731. The Bertz CT molecular complexity index is 480. The molecule has 0 unspecified atom stereocenters. The van der Waals surface area contributed by atoms with Gasteiger partial charge < -0.3 is 9.52 Å². The number of para-hydroxylation sites is 1. The summed E-state index contributed by atoms with van der Waals surface area (Å²) < 4.78 is 5.59. The van der Waals surface area contributed by atoms with Crippen molar-refractivity contribution in [3.05, 3.63) is 42.2 Å². The average Bonchev–Trinajstić information content (AvgIpc) is 2.55. The lowest BCUT2D eigenvalue weighted by Crippen LogP contribution is -1.84. The molecule has 0 fully saturated rings. The van der Waals surface area contributed by atoms with Gasteiger partial charge in [-0.05, 0) is 6.07 Å². The van der Waals surface area contributed by atoms with E-state index >= 15 is 0 Å². The van der Waals surface area contributed by atoms with Crippen LogP contribution >= 0.6 is 0 Å². The lowest BCUT2D eigenvalue weighted by molar-refractivity contribution is 0.503. The Kier molecular flexibility index (Phi) is 2.04. The molecule has 0 amide bonds. The van der Waals surface area contributed by atoms with Crippen molar-refractivity contribution in [3.63, 3.8) is 0 Å². The van der Waals surface area contributed by atoms with Crippen molar-refractivity contribution in [2.45, 2.75) is 13.3 Å². The van der Waals surface area contributed by atoms with Gasteiger partial charge >= 0.3 is 0 Å². The molecule has 14 heavy (non-hydrogen) atoms. The van der Waals surface area contributed by atoms with E-state index in [-0.39, 0.29) is 5.76 Å². The molecule has 0 saturated carbocycles. The fraction of sp³-hybridized carbons (Fsp3) is 0.167. The monoisotopic (exact) mass is 188 g/mol. The zero-order valence-electron chi connectivity index (χ0n) is 8.08. The fourth-order valence-electron chi connectivity index (χ4n) is 1.66. The minimum atomic E-state index is 0.0757. The first-order chi connectivity index (χ1) is 6.74. The smallest absolute Gasteiger partial charge is 0.135 e. The van der Waals surface area contributed by atoms with Crippen LogP contribution in [0.4, 0.5) is 0 Å². The van der Waals surface area contributed by atoms with Gasteiger partial charge in [0.25, 0.3) is 0 Å². The van der Waals surface area contributed by atoms with Gasteiger partial charge in [-0.3, -0.25) is 0 Å². The molecular formula is C12H12O2. The van der Waals surface area contributed by atoms with E-state index in [2.05, 4.69) is 6.58 Å². The van der Waals surface area contributed by atoms with Crippen molar-refractivity contribution in [2.75, 3.05) is 0 Å². The van der Waals surface area contributed by atoms with Crippen LogP contribution in [0.5, 0.6) is 0 Å². The Labute approximate surface area is 82.5 Å². The van der Waals surface area contributed by atoms with Crippen molar-refractivity contribution in [3.8, 4) is 0 Å². The van der Waals surface area contributed by atoms with Gasteiger partial charge in [-0.2, -0.15) is 0 Å². The molecule has 72 valence electrons. The average molecular weight is 188 g/mol. The normalized spacial score (nSPS) is 10.6. The summed E-state index contributed by atoms with van der Waals surface area (Å²) in [5, 5.41) is 10.4. The predicted molar refractivity (Wildman–Crippen MR) is 57.3 cm³/mol. The van der Waals surface area contributed by atoms with Gasteiger partial charge in [-0.1, -0.05) is 31.7 Å². The minimum Gasteiger partial charge on any atom is -0.508 e. The molecule has 1 aromatic carbocycles. The SMILES string of the molecule is C=C(O)c1c(CC)oc2ccccc12. The van der Waals surface area contributed by atoms with Crippen LogP contribution in [0.1, 0.15) is 18.2 Å². The number of rotatable bonds is 2. The summed E-state index contributed by atoms with van der Waals surface area (Å²) in [6.45, 7) is 5.54. The molecule has 0 radical (unpaired) electrons. The van der Waals surface area contributed by atoms with E-state index in [4.69, 9.17) is 4.42 Å². The van der Waals surface area contributed by atoms with Crippen molar-refractivity contribution in [1.82, 2.24) is 0 Å². The largest absolute Gasteiger partial charge is 0.508 e. The van der Waals surface area contributed by atoms with Crippen molar-refractivity contribution >= 4 is 16.7 Å². The number of aliphatic hydroxyl groups is 1. The highest BCUT2D eigenvalue weighted by molar-refractivity contribution is 5.90. The van der Waals surface area contributed by atoms with Crippen molar-refractivity contribution < 1.29 is 9.52 Å². The van der Waals surface area contributed by atoms with Crippen LogP contribution in [-0.2, 0) is 6.42 Å². The van der Waals surface area contributed by atoms with Gasteiger partial charge in [0.15, 0.2) is 0 Å². The summed E-state index contributed by atoms with van der Waals surface area (Å²) >= 11 is 0. The van der Waals surface area contributed by atoms with E-state index in [1.165, 1.54) is 0 Å². The highest BCUT2D eigenvalue weighted by Crippen LogP contribution is 2.29. The highest BCUT2D eigenvalue weighted by Gasteiger charge is 2.13. The number of aliphatic hydroxyl groups excluding tert-OH is 1. The van der Waals surface area contributed by atoms with Crippen LogP contribution in [0.15, 0.2) is 35.3 Å². The second-order valence-corrected chi connectivity index (χ2v) is 3.20. The molecule has 0 aliphatic rings. The standard InChI is InChI=1S/C12H12O2/c1-3-10-12(8(2)13)9-6-4-5-7-11(9)14-10/h4-7,13H,2-3H2,1H3. The second kappa shape index (κ2) is 3.22. The number of hydrogen-bond donors (Lipinski definition) is 1. The molecule has 2 nitrogen and oxygen atoms in total. The minimum absolute atomic E-state index is 0.0757.